The average Bonchev–Trinajstić information content (AvgIpc) is 2.54. The van der Waals surface area contributed by atoms with E-state index in [2.05, 4.69) is 36.4 Å². The Morgan fingerprint density at radius 2 is 0.818 bits per heavy atom. The summed E-state index contributed by atoms with van der Waals surface area (Å²) in [6.45, 7) is 0. The molecule has 0 aromatic heterocycles. The maximum Gasteiger partial charge on any atom is 0.0625 e. The largest absolute Gasteiger partial charge is 0.198 e. The minimum Gasteiger partial charge on any atom is -0.198 e. The predicted molar refractivity (Wildman–Crippen MR) is 93.1 cm³/mol. The third-order valence-electron chi connectivity index (χ3n) is 3.05. The zero-order chi connectivity index (χ0) is 16.5. The van der Waals surface area contributed by atoms with E-state index in [0.29, 0.717) is 25.7 Å². The van der Waals surface area contributed by atoms with Crippen LogP contribution in [0.5, 0.6) is 0 Å². The van der Waals surface area contributed by atoms with Crippen molar-refractivity contribution in [2.24, 2.45) is 0 Å². The second-order valence-corrected chi connectivity index (χ2v) is 9.91. The van der Waals surface area contributed by atoms with Crippen LogP contribution in [0, 0.1) is 45.3 Å². The first kappa shape index (κ1) is 20.6. The van der Waals surface area contributed by atoms with E-state index in [0.717, 1.165) is 37.0 Å². The summed E-state index contributed by atoms with van der Waals surface area (Å²) in [6.07, 6.45) is 12.2. The summed E-state index contributed by atoms with van der Waals surface area (Å²) in [6, 6.07) is 8.72. The highest BCUT2D eigenvalue weighted by atomic mass is 31.1. The van der Waals surface area contributed by atoms with Crippen LogP contribution in [-0.4, -0.2) is 37.0 Å². The van der Waals surface area contributed by atoms with E-state index < -0.39 is 0 Å². The molecular weight excluding hydrogens is 310 g/mol. The Kier molecular flexibility index (Phi) is 14.9. The van der Waals surface area contributed by atoms with Gasteiger partial charge in [-0.1, -0.05) is 12.2 Å². The van der Waals surface area contributed by atoms with E-state index in [1.54, 1.807) is 0 Å². The van der Waals surface area contributed by atoms with Crippen LogP contribution < -0.4 is 0 Å². The molecule has 0 radical (unpaired) electrons. The van der Waals surface area contributed by atoms with Crippen LogP contribution in [-0.2, 0) is 0 Å². The lowest BCUT2D eigenvalue weighted by molar-refractivity contribution is 1.17. The normalized spacial score (nSPS) is 10.3. The van der Waals surface area contributed by atoms with E-state index in [1.165, 1.54) is 0 Å². The summed E-state index contributed by atoms with van der Waals surface area (Å²) < 4.78 is 0. The molecule has 0 saturated heterocycles. The lowest BCUT2D eigenvalue weighted by Gasteiger charge is -2.14. The van der Waals surface area contributed by atoms with Crippen LogP contribution in [0.4, 0.5) is 0 Å². The van der Waals surface area contributed by atoms with Crippen LogP contribution >= 0.6 is 15.8 Å². The summed E-state index contributed by atoms with van der Waals surface area (Å²) in [5.74, 6) is 0. The van der Waals surface area contributed by atoms with Crippen molar-refractivity contribution in [2.75, 3.05) is 37.0 Å². The van der Waals surface area contributed by atoms with E-state index >= 15 is 0 Å². The minimum absolute atomic E-state index is 0.255. The summed E-state index contributed by atoms with van der Waals surface area (Å²) in [5.41, 5.74) is 0. The molecule has 0 aromatic rings. The van der Waals surface area contributed by atoms with E-state index in [4.69, 9.17) is 21.0 Å². The van der Waals surface area contributed by atoms with Gasteiger partial charge in [-0.05, 0) is 37.0 Å². The molecule has 0 rings (SSSR count). The molecule has 0 aromatic carbocycles. The third kappa shape index (κ3) is 12.3. The van der Waals surface area contributed by atoms with Gasteiger partial charge < -0.3 is 0 Å². The van der Waals surface area contributed by atoms with Gasteiger partial charge in [0, 0.05) is 25.7 Å². The topological polar surface area (TPSA) is 95.2 Å². The van der Waals surface area contributed by atoms with E-state index in [1.807, 2.05) is 0 Å². The van der Waals surface area contributed by atoms with E-state index in [9.17, 15) is 0 Å². The van der Waals surface area contributed by atoms with Crippen molar-refractivity contribution in [3.8, 4) is 24.3 Å². The zero-order valence-electron chi connectivity index (χ0n) is 12.9. The highest BCUT2D eigenvalue weighted by Gasteiger charge is 2.07. The van der Waals surface area contributed by atoms with Crippen LogP contribution in [0.2, 0.25) is 0 Å². The maximum absolute atomic E-state index is 8.68. The Hall–Kier alpha value is -1.44. The molecular formula is C16H22N4P2. The fourth-order valence-electron chi connectivity index (χ4n) is 1.87. The molecule has 0 aliphatic rings. The second kappa shape index (κ2) is 15.9. The Balaban J connectivity index is 4.22. The molecule has 0 N–H and O–H groups in total. The van der Waals surface area contributed by atoms with E-state index in [-0.39, 0.29) is 15.8 Å². The number of hydrogen-bond donors (Lipinski definition) is 0. The van der Waals surface area contributed by atoms with Crippen molar-refractivity contribution in [1.82, 2.24) is 0 Å². The molecule has 116 valence electrons. The molecule has 0 amide bonds. The van der Waals surface area contributed by atoms with Crippen molar-refractivity contribution < 1.29 is 0 Å². The maximum atomic E-state index is 8.68. The van der Waals surface area contributed by atoms with Crippen molar-refractivity contribution >= 4 is 15.8 Å². The molecule has 0 bridgehead atoms. The minimum atomic E-state index is -0.255. The standard InChI is InChI=1S/C16H22N4P2/c17-7-3-13-21(14-4-8-18)11-1-2-12-22(15-5-9-19)16-6-10-20/h1-2H,3-6,11-16H2. The second-order valence-electron chi connectivity index (χ2n) is 4.71. The molecule has 6 heteroatoms. The first-order valence-electron chi connectivity index (χ1n) is 7.36. The molecule has 0 fully saturated rings. The Bertz CT molecular complexity index is 396. The van der Waals surface area contributed by atoms with Crippen LogP contribution in [0.25, 0.3) is 0 Å². The number of hydrogen-bond acceptors (Lipinski definition) is 4. The smallest absolute Gasteiger partial charge is 0.0625 e. The first-order chi connectivity index (χ1) is 10.8. The van der Waals surface area contributed by atoms with Crippen molar-refractivity contribution in [3.05, 3.63) is 12.2 Å². The third-order valence-corrected chi connectivity index (χ3v) is 7.93. The summed E-state index contributed by atoms with van der Waals surface area (Å²) >= 11 is 0. The van der Waals surface area contributed by atoms with Gasteiger partial charge in [0.15, 0.2) is 0 Å². The van der Waals surface area contributed by atoms with Gasteiger partial charge >= 0.3 is 0 Å². The molecule has 0 aliphatic heterocycles. The van der Waals surface area contributed by atoms with Gasteiger partial charge in [0.2, 0.25) is 0 Å². The highest BCUT2D eigenvalue weighted by molar-refractivity contribution is 7.58. The van der Waals surface area contributed by atoms with Crippen molar-refractivity contribution in [2.45, 2.75) is 25.7 Å². The lowest BCUT2D eigenvalue weighted by atomic mass is 10.5. The van der Waals surface area contributed by atoms with Gasteiger partial charge in [0.05, 0.1) is 24.3 Å². The van der Waals surface area contributed by atoms with Gasteiger partial charge in [0.25, 0.3) is 0 Å². The molecule has 0 saturated carbocycles. The number of nitrogens with zero attached hydrogens (tertiary/aromatic N) is 4. The fraction of sp³-hybridized carbons (Fsp3) is 0.625. The van der Waals surface area contributed by atoms with Crippen LogP contribution in [0.3, 0.4) is 0 Å². The number of allylic oxidation sites excluding steroid dienone is 2. The molecule has 4 nitrogen and oxygen atoms in total. The molecule has 0 spiro atoms. The number of nitriles is 4. The van der Waals surface area contributed by atoms with Crippen LogP contribution in [0.15, 0.2) is 12.2 Å². The molecule has 0 unspecified atom stereocenters. The summed E-state index contributed by atoms with van der Waals surface area (Å²) in [5, 5.41) is 34.7. The summed E-state index contributed by atoms with van der Waals surface area (Å²) in [4.78, 5) is 0. The summed E-state index contributed by atoms with van der Waals surface area (Å²) in [7, 11) is -0.509. The molecule has 0 atom stereocenters. The highest BCUT2D eigenvalue weighted by Crippen LogP contribution is 2.38. The Labute approximate surface area is 136 Å². The Morgan fingerprint density at radius 3 is 1.05 bits per heavy atom. The zero-order valence-corrected chi connectivity index (χ0v) is 14.7. The average molecular weight is 332 g/mol. The van der Waals surface area contributed by atoms with Gasteiger partial charge in [-0.25, -0.2) is 0 Å². The fourth-order valence-corrected chi connectivity index (χ4v) is 5.61. The monoisotopic (exact) mass is 332 g/mol. The first-order valence-corrected chi connectivity index (χ1v) is 11.2. The quantitative estimate of drug-likeness (QED) is 0.396. The number of rotatable bonds is 12. The van der Waals surface area contributed by atoms with Gasteiger partial charge in [-0.2, -0.15) is 21.0 Å². The van der Waals surface area contributed by atoms with Gasteiger partial charge in [-0.3, -0.25) is 0 Å². The van der Waals surface area contributed by atoms with Gasteiger partial charge in [0.1, 0.15) is 0 Å². The molecule has 0 heterocycles. The lowest BCUT2D eigenvalue weighted by Crippen LogP contribution is -1.95. The predicted octanol–water partition coefficient (Wildman–Crippen LogP) is 4.16. The SMILES string of the molecule is N#CCCP(CC=CCP(CCC#N)CCC#N)CCC#N. The van der Waals surface area contributed by atoms with Gasteiger partial charge in [-0.15, -0.1) is 15.8 Å². The van der Waals surface area contributed by atoms with Crippen LogP contribution in [0.1, 0.15) is 25.7 Å². The molecule has 0 aliphatic carbocycles. The Morgan fingerprint density at radius 1 is 0.545 bits per heavy atom. The van der Waals surface area contributed by atoms with Crippen molar-refractivity contribution in [3.63, 3.8) is 0 Å². The van der Waals surface area contributed by atoms with Crippen molar-refractivity contribution in [1.29, 1.82) is 21.0 Å². The molecule has 22 heavy (non-hydrogen) atoms.